The monoisotopic (exact) mass is 285 g/mol. The lowest BCUT2D eigenvalue weighted by molar-refractivity contribution is 0.0995. The lowest BCUT2D eigenvalue weighted by atomic mass is 10.1. The first kappa shape index (κ1) is 11.7. The zero-order chi connectivity index (χ0) is 11.5. The summed E-state index contributed by atoms with van der Waals surface area (Å²) in [4.78, 5) is 4.25. The summed E-state index contributed by atoms with van der Waals surface area (Å²) in [5, 5.41) is 3.34. The molecule has 0 aliphatic carbocycles. The van der Waals surface area contributed by atoms with Crippen molar-refractivity contribution in [2.75, 3.05) is 17.7 Å². The van der Waals surface area contributed by atoms with E-state index in [0.29, 0.717) is 5.69 Å². The van der Waals surface area contributed by atoms with Crippen molar-refractivity contribution in [2.45, 2.75) is 31.9 Å². The normalized spacial score (nSPS) is 22.0. The van der Waals surface area contributed by atoms with Gasteiger partial charge >= 0.3 is 0 Å². The summed E-state index contributed by atoms with van der Waals surface area (Å²) in [5.74, 6) is 0.817. The van der Waals surface area contributed by atoms with Crippen LogP contribution in [0.25, 0.3) is 0 Å². The van der Waals surface area contributed by atoms with Gasteiger partial charge in [0.05, 0.1) is 28.5 Å². The summed E-state index contributed by atoms with van der Waals surface area (Å²) in [5.41, 5.74) is 6.29. The fourth-order valence-electron chi connectivity index (χ4n) is 1.86. The Labute approximate surface area is 104 Å². The Hall–Kier alpha value is -0.810. The van der Waals surface area contributed by atoms with E-state index in [2.05, 4.69) is 33.2 Å². The highest BCUT2D eigenvalue weighted by molar-refractivity contribution is 9.10. The minimum atomic E-state index is 0.259. The molecule has 1 aromatic heterocycles. The van der Waals surface area contributed by atoms with Gasteiger partial charge in [0.25, 0.3) is 0 Å². The number of nitrogens with one attached hydrogen (secondary N) is 1. The first-order valence-electron chi connectivity index (χ1n) is 5.46. The molecule has 2 rings (SSSR count). The van der Waals surface area contributed by atoms with Gasteiger partial charge in [-0.2, -0.15) is 0 Å². The molecule has 88 valence electrons. The van der Waals surface area contributed by atoms with Crippen LogP contribution < -0.4 is 11.1 Å². The van der Waals surface area contributed by atoms with Crippen LogP contribution in [0.15, 0.2) is 16.7 Å². The molecule has 4 nitrogen and oxygen atoms in total. The number of nitrogens with zero attached hydrogens (tertiary/aromatic N) is 1. The van der Waals surface area contributed by atoms with Crippen LogP contribution in [0.2, 0.25) is 0 Å². The summed E-state index contributed by atoms with van der Waals surface area (Å²) in [7, 11) is 0. The number of rotatable bonds is 3. The second-order valence-electron chi connectivity index (χ2n) is 4.08. The molecule has 0 amide bonds. The van der Waals surface area contributed by atoms with E-state index in [1.54, 1.807) is 6.20 Å². The molecular weight excluding hydrogens is 270 g/mol. The Kier molecular flexibility index (Phi) is 3.66. The number of hydrogen-bond donors (Lipinski definition) is 2. The standard InChI is InChI=1S/C11H16BrN3O/c1-7(10-3-2-4-16-10)15-11-9(12)5-8(13)6-14-11/h5-7,10H,2-4,13H2,1H3,(H,14,15). The Morgan fingerprint density at radius 2 is 2.50 bits per heavy atom. The molecule has 2 heterocycles. The first-order valence-corrected chi connectivity index (χ1v) is 6.25. The van der Waals surface area contributed by atoms with E-state index in [1.165, 1.54) is 0 Å². The molecule has 1 fully saturated rings. The highest BCUT2D eigenvalue weighted by atomic mass is 79.9. The van der Waals surface area contributed by atoms with E-state index in [9.17, 15) is 0 Å². The van der Waals surface area contributed by atoms with Crippen molar-refractivity contribution in [3.05, 3.63) is 16.7 Å². The number of ether oxygens (including phenoxy) is 1. The average molecular weight is 286 g/mol. The molecule has 0 aromatic carbocycles. The molecule has 0 saturated carbocycles. The largest absolute Gasteiger partial charge is 0.397 e. The van der Waals surface area contributed by atoms with Crippen molar-refractivity contribution in [3.63, 3.8) is 0 Å². The molecule has 2 atom stereocenters. The Morgan fingerprint density at radius 1 is 1.69 bits per heavy atom. The Balaban J connectivity index is 2.02. The van der Waals surface area contributed by atoms with Crippen LogP contribution >= 0.6 is 15.9 Å². The highest BCUT2D eigenvalue weighted by Gasteiger charge is 2.22. The first-order chi connectivity index (χ1) is 7.66. The van der Waals surface area contributed by atoms with Crippen molar-refractivity contribution in [2.24, 2.45) is 0 Å². The van der Waals surface area contributed by atoms with Gasteiger partial charge in [0.1, 0.15) is 5.82 Å². The lowest BCUT2D eigenvalue weighted by Gasteiger charge is -2.21. The minimum Gasteiger partial charge on any atom is -0.397 e. The number of nitrogens with two attached hydrogens (primary N) is 1. The SMILES string of the molecule is CC(Nc1ncc(N)cc1Br)C1CCCO1. The predicted molar refractivity (Wildman–Crippen MR) is 68.4 cm³/mol. The highest BCUT2D eigenvalue weighted by Crippen LogP contribution is 2.24. The van der Waals surface area contributed by atoms with E-state index < -0.39 is 0 Å². The maximum absolute atomic E-state index is 5.64. The van der Waals surface area contributed by atoms with E-state index >= 15 is 0 Å². The van der Waals surface area contributed by atoms with E-state index in [0.717, 1.165) is 29.7 Å². The fourth-order valence-corrected chi connectivity index (χ4v) is 2.35. The van der Waals surface area contributed by atoms with Crippen molar-refractivity contribution < 1.29 is 4.74 Å². The summed E-state index contributed by atoms with van der Waals surface area (Å²) < 4.78 is 6.51. The third kappa shape index (κ3) is 2.65. The van der Waals surface area contributed by atoms with Crippen LogP contribution in [0.4, 0.5) is 11.5 Å². The number of pyridine rings is 1. The minimum absolute atomic E-state index is 0.259. The summed E-state index contributed by atoms with van der Waals surface area (Å²) in [6.45, 7) is 2.98. The second kappa shape index (κ2) is 5.01. The molecule has 1 aromatic rings. The number of halogens is 1. The predicted octanol–water partition coefficient (Wildman–Crippen LogP) is 2.41. The third-order valence-corrected chi connectivity index (χ3v) is 3.35. The van der Waals surface area contributed by atoms with Gasteiger partial charge in [0.2, 0.25) is 0 Å². The molecule has 0 bridgehead atoms. The van der Waals surface area contributed by atoms with Crippen LogP contribution in [0.3, 0.4) is 0 Å². The third-order valence-electron chi connectivity index (χ3n) is 2.75. The molecule has 2 unspecified atom stereocenters. The van der Waals surface area contributed by atoms with E-state index in [1.807, 2.05) is 6.07 Å². The topological polar surface area (TPSA) is 60.2 Å². The summed E-state index contributed by atoms with van der Waals surface area (Å²) >= 11 is 3.44. The van der Waals surface area contributed by atoms with E-state index in [4.69, 9.17) is 10.5 Å². The van der Waals surface area contributed by atoms with Crippen LogP contribution in [-0.4, -0.2) is 23.7 Å². The van der Waals surface area contributed by atoms with E-state index in [-0.39, 0.29) is 12.1 Å². The van der Waals surface area contributed by atoms with Crippen molar-refractivity contribution >= 4 is 27.4 Å². The van der Waals surface area contributed by atoms with Gasteiger partial charge in [0.15, 0.2) is 0 Å². The molecular formula is C11H16BrN3O. The molecule has 5 heteroatoms. The van der Waals surface area contributed by atoms with Gasteiger partial charge < -0.3 is 15.8 Å². The zero-order valence-electron chi connectivity index (χ0n) is 9.24. The molecule has 0 radical (unpaired) electrons. The summed E-state index contributed by atoms with van der Waals surface area (Å²) in [6.07, 6.45) is 4.19. The van der Waals surface area contributed by atoms with Gasteiger partial charge in [-0.3, -0.25) is 0 Å². The van der Waals surface area contributed by atoms with Gasteiger partial charge in [-0.15, -0.1) is 0 Å². The smallest absolute Gasteiger partial charge is 0.140 e. The van der Waals surface area contributed by atoms with Crippen molar-refractivity contribution in [1.29, 1.82) is 0 Å². The molecule has 16 heavy (non-hydrogen) atoms. The lowest BCUT2D eigenvalue weighted by Crippen LogP contribution is -2.30. The van der Waals surface area contributed by atoms with Gasteiger partial charge in [-0.25, -0.2) is 4.98 Å². The van der Waals surface area contributed by atoms with Crippen LogP contribution in [-0.2, 0) is 4.74 Å². The zero-order valence-corrected chi connectivity index (χ0v) is 10.8. The van der Waals surface area contributed by atoms with Crippen LogP contribution in [0.5, 0.6) is 0 Å². The molecule has 1 aliphatic rings. The van der Waals surface area contributed by atoms with Gasteiger partial charge in [-0.05, 0) is 41.8 Å². The van der Waals surface area contributed by atoms with Gasteiger partial charge in [-0.1, -0.05) is 0 Å². The molecule has 3 N–H and O–H groups in total. The number of hydrogen-bond acceptors (Lipinski definition) is 4. The average Bonchev–Trinajstić information content (AvgIpc) is 2.75. The maximum Gasteiger partial charge on any atom is 0.140 e. The number of anilines is 2. The molecule has 1 saturated heterocycles. The van der Waals surface area contributed by atoms with Gasteiger partial charge in [0, 0.05) is 6.61 Å². The van der Waals surface area contributed by atoms with Crippen molar-refractivity contribution in [1.82, 2.24) is 4.98 Å². The second-order valence-corrected chi connectivity index (χ2v) is 4.94. The molecule has 0 spiro atoms. The fraction of sp³-hybridized carbons (Fsp3) is 0.545. The summed E-state index contributed by atoms with van der Waals surface area (Å²) in [6, 6.07) is 2.10. The maximum atomic E-state index is 5.64. The van der Waals surface area contributed by atoms with Crippen LogP contribution in [0, 0.1) is 0 Å². The quantitative estimate of drug-likeness (QED) is 0.895. The number of nitrogen functional groups attached to an aromatic ring is 1. The van der Waals surface area contributed by atoms with Crippen molar-refractivity contribution in [3.8, 4) is 0 Å². The van der Waals surface area contributed by atoms with Crippen LogP contribution in [0.1, 0.15) is 19.8 Å². The Morgan fingerprint density at radius 3 is 3.12 bits per heavy atom. The Bertz CT molecular complexity index is 366. The number of aromatic nitrogens is 1. The molecule has 1 aliphatic heterocycles.